The Balaban J connectivity index is 1.96. The van der Waals surface area contributed by atoms with Gasteiger partial charge in [0.05, 0.1) is 6.54 Å². The third-order valence-corrected chi connectivity index (χ3v) is 5.40. The summed E-state index contributed by atoms with van der Waals surface area (Å²) in [6.45, 7) is 10.4. The molecular weight excluding hydrogens is 270 g/mol. The lowest BCUT2D eigenvalue weighted by atomic mass is 9.86. The molecule has 126 valence electrons. The Hall–Kier alpha value is -0.830. The minimum absolute atomic E-state index is 0.361. The van der Waals surface area contributed by atoms with Gasteiger partial charge in [0.1, 0.15) is 5.82 Å². The summed E-state index contributed by atoms with van der Waals surface area (Å²) in [4.78, 5) is 7.27. The Kier molecular flexibility index (Phi) is 6.94. The molecule has 0 fully saturated rings. The van der Waals surface area contributed by atoms with Gasteiger partial charge in [-0.15, -0.1) is 0 Å². The number of nitrogens with zero attached hydrogens (tertiary/aromatic N) is 3. The third-order valence-electron chi connectivity index (χ3n) is 5.40. The SMILES string of the molecule is CCCCCCC(C)(CCCCC)N1CCn2ccnc2C1. The molecule has 3 nitrogen and oxygen atoms in total. The van der Waals surface area contributed by atoms with E-state index in [4.69, 9.17) is 0 Å². The molecule has 0 saturated carbocycles. The van der Waals surface area contributed by atoms with E-state index in [0.717, 1.165) is 13.1 Å². The lowest BCUT2D eigenvalue weighted by Gasteiger charge is -2.44. The third kappa shape index (κ3) is 4.58. The van der Waals surface area contributed by atoms with Crippen LogP contribution in [0, 0.1) is 0 Å². The molecule has 0 aliphatic carbocycles. The molecule has 1 aromatic heterocycles. The van der Waals surface area contributed by atoms with E-state index < -0.39 is 0 Å². The summed E-state index contributed by atoms with van der Waals surface area (Å²) >= 11 is 0. The molecule has 0 aromatic carbocycles. The van der Waals surface area contributed by atoms with Crippen molar-refractivity contribution in [3.63, 3.8) is 0 Å². The van der Waals surface area contributed by atoms with Crippen molar-refractivity contribution in [3.05, 3.63) is 18.2 Å². The second-order valence-corrected chi connectivity index (χ2v) is 7.22. The van der Waals surface area contributed by atoms with Crippen LogP contribution in [0.4, 0.5) is 0 Å². The first-order valence-corrected chi connectivity index (χ1v) is 9.44. The van der Waals surface area contributed by atoms with Crippen LogP contribution in [-0.2, 0) is 13.1 Å². The van der Waals surface area contributed by atoms with Crippen molar-refractivity contribution >= 4 is 0 Å². The molecule has 0 spiro atoms. The van der Waals surface area contributed by atoms with Gasteiger partial charge >= 0.3 is 0 Å². The Bertz CT molecular complexity index is 426. The van der Waals surface area contributed by atoms with Crippen LogP contribution in [0.3, 0.4) is 0 Å². The van der Waals surface area contributed by atoms with Crippen LogP contribution >= 0.6 is 0 Å². The van der Waals surface area contributed by atoms with Gasteiger partial charge in [-0.25, -0.2) is 4.98 Å². The zero-order valence-corrected chi connectivity index (χ0v) is 15.0. The van der Waals surface area contributed by atoms with E-state index in [1.165, 1.54) is 70.2 Å². The fraction of sp³-hybridized carbons (Fsp3) is 0.842. The van der Waals surface area contributed by atoms with Crippen molar-refractivity contribution in [2.45, 2.75) is 97.2 Å². The molecule has 22 heavy (non-hydrogen) atoms. The van der Waals surface area contributed by atoms with Crippen molar-refractivity contribution in [2.75, 3.05) is 6.54 Å². The molecule has 1 aromatic rings. The van der Waals surface area contributed by atoms with Crippen molar-refractivity contribution in [1.82, 2.24) is 14.5 Å². The normalized spacial score (nSPS) is 18.1. The fourth-order valence-corrected chi connectivity index (χ4v) is 3.76. The molecule has 0 amide bonds. The summed E-state index contributed by atoms with van der Waals surface area (Å²) in [6.07, 6.45) is 16.3. The molecule has 1 atom stereocenters. The second-order valence-electron chi connectivity index (χ2n) is 7.22. The van der Waals surface area contributed by atoms with Crippen LogP contribution in [-0.4, -0.2) is 26.5 Å². The Morgan fingerprint density at radius 2 is 1.68 bits per heavy atom. The van der Waals surface area contributed by atoms with Crippen LogP contribution in [0.1, 0.15) is 84.4 Å². The first-order valence-electron chi connectivity index (χ1n) is 9.44. The largest absolute Gasteiger partial charge is 0.333 e. The van der Waals surface area contributed by atoms with E-state index in [1.807, 2.05) is 6.20 Å². The number of unbranched alkanes of at least 4 members (excludes halogenated alkanes) is 5. The minimum atomic E-state index is 0.361. The maximum atomic E-state index is 4.55. The summed E-state index contributed by atoms with van der Waals surface area (Å²) in [5, 5.41) is 0. The summed E-state index contributed by atoms with van der Waals surface area (Å²) < 4.78 is 2.32. The van der Waals surface area contributed by atoms with Gasteiger partial charge in [0, 0.05) is 31.0 Å². The van der Waals surface area contributed by atoms with E-state index in [9.17, 15) is 0 Å². The smallest absolute Gasteiger partial charge is 0.122 e. The second kappa shape index (κ2) is 8.71. The summed E-state index contributed by atoms with van der Waals surface area (Å²) in [7, 11) is 0. The lowest BCUT2D eigenvalue weighted by molar-refractivity contribution is 0.0518. The summed E-state index contributed by atoms with van der Waals surface area (Å²) in [5.74, 6) is 1.25. The summed E-state index contributed by atoms with van der Waals surface area (Å²) in [6, 6.07) is 0. The molecule has 3 heteroatoms. The highest BCUT2D eigenvalue weighted by Gasteiger charge is 2.33. The number of rotatable bonds is 10. The average Bonchev–Trinajstić information content (AvgIpc) is 2.99. The predicted molar refractivity (Wildman–Crippen MR) is 93.9 cm³/mol. The van der Waals surface area contributed by atoms with Crippen LogP contribution < -0.4 is 0 Å². The van der Waals surface area contributed by atoms with E-state index >= 15 is 0 Å². The molecule has 2 heterocycles. The van der Waals surface area contributed by atoms with Gasteiger partial charge in [-0.2, -0.15) is 0 Å². The monoisotopic (exact) mass is 305 g/mol. The maximum Gasteiger partial charge on any atom is 0.122 e. The van der Waals surface area contributed by atoms with Gasteiger partial charge in [-0.1, -0.05) is 58.8 Å². The van der Waals surface area contributed by atoms with Gasteiger partial charge in [0.25, 0.3) is 0 Å². The highest BCUT2D eigenvalue weighted by Crippen LogP contribution is 2.31. The molecule has 0 radical (unpaired) electrons. The highest BCUT2D eigenvalue weighted by molar-refractivity contribution is 4.99. The molecule has 0 saturated heterocycles. The van der Waals surface area contributed by atoms with E-state index in [-0.39, 0.29) is 0 Å². The number of fused-ring (bicyclic) bond motifs is 1. The minimum Gasteiger partial charge on any atom is -0.333 e. The Labute approximate surface area is 137 Å². The molecule has 1 aliphatic rings. The van der Waals surface area contributed by atoms with Gasteiger partial charge < -0.3 is 4.57 Å². The Morgan fingerprint density at radius 1 is 1.00 bits per heavy atom. The van der Waals surface area contributed by atoms with Crippen LogP contribution in [0.5, 0.6) is 0 Å². The molecule has 1 unspecified atom stereocenters. The molecule has 0 N–H and O–H groups in total. The number of hydrogen-bond donors (Lipinski definition) is 0. The summed E-state index contributed by atoms with van der Waals surface area (Å²) in [5.41, 5.74) is 0.361. The predicted octanol–water partition coefficient (Wildman–Crippen LogP) is 5.01. The molecule has 0 bridgehead atoms. The zero-order valence-electron chi connectivity index (χ0n) is 15.0. The number of aromatic nitrogens is 2. The molecule has 1 aliphatic heterocycles. The van der Waals surface area contributed by atoms with Gasteiger partial charge in [0.15, 0.2) is 0 Å². The van der Waals surface area contributed by atoms with Crippen molar-refractivity contribution in [3.8, 4) is 0 Å². The van der Waals surface area contributed by atoms with Gasteiger partial charge in [-0.05, 0) is 19.8 Å². The Morgan fingerprint density at radius 3 is 2.41 bits per heavy atom. The van der Waals surface area contributed by atoms with Crippen molar-refractivity contribution < 1.29 is 0 Å². The topological polar surface area (TPSA) is 21.1 Å². The fourth-order valence-electron chi connectivity index (χ4n) is 3.76. The van der Waals surface area contributed by atoms with Crippen LogP contribution in [0.25, 0.3) is 0 Å². The van der Waals surface area contributed by atoms with Crippen LogP contribution in [0.2, 0.25) is 0 Å². The van der Waals surface area contributed by atoms with Crippen molar-refractivity contribution in [2.24, 2.45) is 0 Å². The molecule has 2 rings (SSSR count). The van der Waals surface area contributed by atoms with Gasteiger partial charge in [0.2, 0.25) is 0 Å². The van der Waals surface area contributed by atoms with E-state index in [0.29, 0.717) is 5.54 Å². The zero-order chi connectivity index (χ0) is 15.8. The first kappa shape index (κ1) is 17.5. The highest BCUT2D eigenvalue weighted by atomic mass is 15.3. The number of imidazole rings is 1. The first-order chi connectivity index (χ1) is 10.7. The quantitative estimate of drug-likeness (QED) is 0.567. The van der Waals surface area contributed by atoms with E-state index in [1.54, 1.807) is 0 Å². The van der Waals surface area contributed by atoms with Gasteiger partial charge in [-0.3, -0.25) is 4.90 Å². The van der Waals surface area contributed by atoms with Crippen molar-refractivity contribution in [1.29, 1.82) is 0 Å². The lowest BCUT2D eigenvalue weighted by Crippen LogP contribution is -2.49. The van der Waals surface area contributed by atoms with E-state index in [2.05, 4.69) is 41.4 Å². The van der Waals surface area contributed by atoms with Crippen LogP contribution in [0.15, 0.2) is 12.4 Å². The average molecular weight is 306 g/mol. The maximum absolute atomic E-state index is 4.55. The standard InChI is InChI=1S/C19H35N3/c1-4-6-8-10-12-19(3,11-9-7-5-2)22-16-15-21-14-13-20-18(21)17-22/h13-14H,4-12,15-17H2,1-3H3. The number of hydrogen-bond acceptors (Lipinski definition) is 2. The molecular formula is C19H35N3.